The van der Waals surface area contributed by atoms with E-state index in [2.05, 4.69) is 17.6 Å². The van der Waals surface area contributed by atoms with Crippen LogP contribution in [0.25, 0.3) is 0 Å². The number of fused-ring (bicyclic) bond motifs is 1. The second-order valence-electron chi connectivity index (χ2n) is 4.22. The van der Waals surface area contributed by atoms with E-state index in [0.717, 1.165) is 18.7 Å². The molecule has 0 aromatic carbocycles. The fraction of sp³-hybridized carbons (Fsp3) is 0.583. The van der Waals surface area contributed by atoms with E-state index in [1.807, 2.05) is 13.0 Å². The molecule has 1 atom stereocenters. The van der Waals surface area contributed by atoms with E-state index in [-0.39, 0.29) is 5.97 Å². The van der Waals surface area contributed by atoms with Gasteiger partial charge in [-0.15, -0.1) is 0 Å². The van der Waals surface area contributed by atoms with E-state index in [1.165, 1.54) is 5.69 Å². The molecule has 1 aliphatic rings. The molecule has 2 rings (SSSR count). The van der Waals surface area contributed by atoms with Crippen LogP contribution in [0.15, 0.2) is 12.1 Å². The number of carbonyl (C=O) groups is 1. The Morgan fingerprint density at radius 2 is 2.40 bits per heavy atom. The predicted octanol–water partition coefficient (Wildman–Crippen LogP) is 1.79. The number of carbonyl (C=O) groups excluding carboxylic acids is 1. The largest absolute Gasteiger partial charge is 0.466 e. The van der Waals surface area contributed by atoms with Gasteiger partial charge in [0.25, 0.3) is 0 Å². The van der Waals surface area contributed by atoms with Crippen molar-refractivity contribution in [2.24, 2.45) is 5.92 Å². The molecule has 1 aromatic heterocycles. The normalized spacial score (nSPS) is 18.9. The third-order valence-electron chi connectivity index (χ3n) is 2.84. The van der Waals surface area contributed by atoms with Gasteiger partial charge < -0.3 is 9.30 Å². The Kier molecular flexibility index (Phi) is 2.80. The van der Waals surface area contributed by atoms with Gasteiger partial charge in [-0.05, 0) is 31.4 Å². The van der Waals surface area contributed by atoms with Crippen molar-refractivity contribution >= 4 is 5.97 Å². The number of nitrogens with zero attached hydrogens (tertiary/aromatic N) is 1. The Labute approximate surface area is 90.0 Å². The molecule has 3 heteroatoms. The van der Waals surface area contributed by atoms with Crippen LogP contribution >= 0.6 is 0 Å². The molecule has 1 aliphatic heterocycles. The molecule has 82 valence electrons. The van der Waals surface area contributed by atoms with E-state index >= 15 is 0 Å². The first-order valence-corrected chi connectivity index (χ1v) is 5.53. The highest BCUT2D eigenvalue weighted by Crippen LogP contribution is 2.23. The minimum absolute atomic E-state index is 0.127. The van der Waals surface area contributed by atoms with E-state index in [1.54, 1.807) is 0 Å². The zero-order chi connectivity index (χ0) is 10.8. The fourth-order valence-electron chi connectivity index (χ4n) is 2.22. The van der Waals surface area contributed by atoms with Crippen LogP contribution < -0.4 is 0 Å². The first kappa shape index (κ1) is 10.3. The molecule has 1 aromatic rings. The zero-order valence-corrected chi connectivity index (χ0v) is 9.32. The molecular formula is C12H17NO2. The van der Waals surface area contributed by atoms with E-state index in [4.69, 9.17) is 4.74 Å². The molecule has 0 N–H and O–H groups in total. The molecule has 1 unspecified atom stereocenters. The zero-order valence-electron chi connectivity index (χ0n) is 9.32. The number of hydrogen-bond donors (Lipinski definition) is 0. The van der Waals surface area contributed by atoms with Gasteiger partial charge >= 0.3 is 5.97 Å². The second kappa shape index (κ2) is 4.09. The first-order valence-electron chi connectivity index (χ1n) is 5.53. The Morgan fingerprint density at radius 1 is 1.60 bits per heavy atom. The Bertz CT molecular complexity index is 368. The molecule has 0 spiro atoms. The minimum Gasteiger partial charge on any atom is -0.466 e. The van der Waals surface area contributed by atoms with Gasteiger partial charge in [0.2, 0.25) is 0 Å². The lowest BCUT2D eigenvalue weighted by Gasteiger charge is -2.06. The van der Waals surface area contributed by atoms with Crippen molar-refractivity contribution in [3.05, 3.63) is 23.5 Å². The SMILES string of the molecule is CCOC(=O)Cc1ccc2n1CC(C)C2. The Morgan fingerprint density at radius 3 is 3.13 bits per heavy atom. The van der Waals surface area contributed by atoms with Crippen LogP contribution in [0.3, 0.4) is 0 Å². The summed E-state index contributed by atoms with van der Waals surface area (Å²) in [5.74, 6) is 0.570. The van der Waals surface area contributed by atoms with Crippen LogP contribution in [0.5, 0.6) is 0 Å². The predicted molar refractivity (Wildman–Crippen MR) is 57.6 cm³/mol. The van der Waals surface area contributed by atoms with Crippen molar-refractivity contribution < 1.29 is 9.53 Å². The summed E-state index contributed by atoms with van der Waals surface area (Å²) in [6, 6.07) is 4.16. The Hall–Kier alpha value is -1.25. The van der Waals surface area contributed by atoms with Crippen molar-refractivity contribution in [3.63, 3.8) is 0 Å². The van der Waals surface area contributed by atoms with Crippen molar-refractivity contribution in [2.45, 2.75) is 33.2 Å². The minimum atomic E-state index is -0.127. The summed E-state index contributed by atoms with van der Waals surface area (Å²) in [4.78, 5) is 11.4. The van der Waals surface area contributed by atoms with Crippen molar-refractivity contribution in [1.29, 1.82) is 0 Å². The molecule has 0 bridgehead atoms. The van der Waals surface area contributed by atoms with E-state index < -0.39 is 0 Å². The van der Waals surface area contributed by atoms with Crippen LogP contribution in [-0.2, 0) is 28.9 Å². The van der Waals surface area contributed by atoms with Gasteiger partial charge in [0, 0.05) is 17.9 Å². The Balaban J connectivity index is 2.07. The first-order chi connectivity index (χ1) is 7.20. The van der Waals surface area contributed by atoms with Crippen molar-refractivity contribution in [3.8, 4) is 0 Å². The second-order valence-corrected chi connectivity index (χ2v) is 4.22. The average Bonchev–Trinajstić information content (AvgIpc) is 2.67. The number of esters is 1. The summed E-state index contributed by atoms with van der Waals surface area (Å²) in [6.07, 6.45) is 1.53. The third kappa shape index (κ3) is 2.06. The summed E-state index contributed by atoms with van der Waals surface area (Å²) in [7, 11) is 0. The van der Waals surface area contributed by atoms with Crippen LogP contribution in [0, 0.1) is 5.92 Å². The standard InChI is InChI=1S/C12H17NO2/c1-3-15-12(14)7-11-5-4-10-6-9(2)8-13(10)11/h4-5,9H,3,6-8H2,1-2H3. The smallest absolute Gasteiger partial charge is 0.311 e. The summed E-state index contributed by atoms with van der Waals surface area (Å²) in [5.41, 5.74) is 2.44. The quantitative estimate of drug-likeness (QED) is 0.707. The maximum absolute atomic E-state index is 11.4. The van der Waals surface area contributed by atoms with Gasteiger partial charge in [0.15, 0.2) is 0 Å². The highest BCUT2D eigenvalue weighted by atomic mass is 16.5. The average molecular weight is 207 g/mol. The molecule has 0 saturated carbocycles. The summed E-state index contributed by atoms with van der Waals surface area (Å²) < 4.78 is 7.20. The maximum Gasteiger partial charge on any atom is 0.311 e. The van der Waals surface area contributed by atoms with Crippen molar-refractivity contribution in [1.82, 2.24) is 4.57 Å². The van der Waals surface area contributed by atoms with Crippen molar-refractivity contribution in [2.75, 3.05) is 6.61 Å². The highest BCUT2D eigenvalue weighted by molar-refractivity contribution is 5.72. The maximum atomic E-state index is 11.4. The van der Waals surface area contributed by atoms with E-state index in [9.17, 15) is 4.79 Å². The van der Waals surface area contributed by atoms with Gasteiger partial charge in [-0.2, -0.15) is 0 Å². The van der Waals surface area contributed by atoms with Gasteiger partial charge in [0.1, 0.15) is 0 Å². The fourth-order valence-corrected chi connectivity index (χ4v) is 2.22. The van der Waals surface area contributed by atoms with Gasteiger partial charge in [0.05, 0.1) is 13.0 Å². The van der Waals surface area contributed by atoms with Gasteiger partial charge in [-0.25, -0.2) is 0 Å². The number of rotatable bonds is 3. The summed E-state index contributed by atoms with van der Waals surface area (Å²) in [6.45, 7) is 5.57. The molecule has 0 radical (unpaired) electrons. The molecule has 0 fully saturated rings. The molecule has 0 saturated heterocycles. The lowest BCUT2D eigenvalue weighted by atomic mass is 10.1. The molecular weight excluding hydrogens is 190 g/mol. The summed E-state index contributed by atoms with van der Waals surface area (Å²) >= 11 is 0. The van der Waals surface area contributed by atoms with E-state index in [0.29, 0.717) is 18.9 Å². The van der Waals surface area contributed by atoms with Crippen LogP contribution in [0.1, 0.15) is 25.2 Å². The summed E-state index contributed by atoms with van der Waals surface area (Å²) in [5, 5.41) is 0. The molecule has 2 heterocycles. The number of hydrogen-bond acceptors (Lipinski definition) is 2. The van der Waals surface area contributed by atoms with Crippen LogP contribution in [0.4, 0.5) is 0 Å². The number of ether oxygens (including phenoxy) is 1. The van der Waals surface area contributed by atoms with Gasteiger partial charge in [-0.1, -0.05) is 6.92 Å². The lowest BCUT2D eigenvalue weighted by Crippen LogP contribution is -2.11. The highest BCUT2D eigenvalue weighted by Gasteiger charge is 2.20. The molecule has 0 amide bonds. The van der Waals surface area contributed by atoms with Crippen LogP contribution in [0.2, 0.25) is 0 Å². The van der Waals surface area contributed by atoms with Crippen LogP contribution in [-0.4, -0.2) is 17.1 Å². The lowest BCUT2D eigenvalue weighted by molar-refractivity contribution is -0.142. The monoisotopic (exact) mass is 207 g/mol. The molecule has 0 aliphatic carbocycles. The van der Waals surface area contributed by atoms with Gasteiger partial charge in [-0.3, -0.25) is 4.79 Å². The third-order valence-corrected chi connectivity index (χ3v) is 2.84. The molecule has 15 heavy (non-hydrogen) atoms. The molecule has 3 nitrogen and oxygen atoms in total. The number of aromatic nitrogens is 1. The topological polar surface area (TPSA) is 31.2 Å².